The van der Waals surface area contributed by atoms with Crippen LogP contribution in [0.25, 0.3) is 0 Å². The molecule has 136 valence electrons. The van der Waals surface area contributed by atoms with Gasteiger partial charge in [0.25, 0.3) is 11.8 Å². The van der Waals surface area contributed by atoms with E-state index in [9.17, 15) is 18.4 Å². The summed E-state index contributed by atoms with van der Waals surface area (Å²) in [5.74, 6) is -3.20. The number of hydrogen-bond donors (Lipinski definition) is 2. The van der Waals surface area contributed by atoms with Crippen LogP contribution in [-0.2, 0) is 6.54 Å². The van der Waals surface area contributed by atoms with Gasteiger partial charge in [-0.1, -0.05) is 12.1 Å². The quantitative estimate of drug-likeness (QED) is 0.725. The summed E-state index contributed by atoms with van der Waals surface area (Å²) in [6.07, 6.45) is 3.25. The molecule has 0 bridgehead atoms. The van der Waals surface area contributed by atoms with Crippen molar-refractivity contribution < 1.29 is 18.4 Å². The maximum atomic E-state index is 13.2. The van der Waals surface area contributed by atoms with Crippen molar-refractivity contribution in [2.75, 3.05) is 5.32 Å². The number of aromatic nitrogens is 2. The van der Waals surface area contributed by atoms with Crippen LogP contribution in [0, 0.1) is 11.6 Å². The van der Waals surface area contributed by atoms with Gasteiger partial charge in [-0.3, -0.25) is 14.6 Å². The van der Waals surface area contributed by atoms with E-state index < -0.39 is 23.4 Å². The van der Waals surface area contributed by atoms with Crippen LogP contribution >= 0.6 is 0 Å². The minimum atomic E-state index is -1.08. The van der Waals surface area contributed by atoms with Crippen LogP contribution in [0.5, 0.6) is 0 Å². The molecule has 0 atom stereocenters. The smallest absolute Gasteiger partial charge is 0.274 e. The SMILES string of the molecule is O=C(NCc1cccnc1)c1cccc(C(=O)Nc2ccc(F)c(F)c2)n1. The van der Waals surface area contributed by atoms with E-state index in [1.165, 1.54) is 24.3 Å². The van der Waals surface area contributed by atoms with Crippen molar-refractivity contribution >= 4 is 17.5 Å². The van der Waals surface area contributed by atoms with Gasteiger partial charge in [-0.25, -0.2) is 13.8 Å². The highest BCUT2D eigenvalue weighted by atomic mass is 19.2. The van der Waals surface area contributed by atoms with Crippen molar-refractivity contribution in [1.82, 2.24) is 15.3 Å². The lowest BCUT2D eigenvalue weighted by Gasteiger charge is -2.07. The lowest BCUT2D eigenvalue weighted by molar-refractivity contribution is 0.0945. The number of nitrogens with one attached hydrogen (secondary N) is 2. The molecule has 2 heterocycles. The van der Waals surface area contributed by atoms with Crippen molar-refractivity contribution in [1.29, 1.82) is 0 Å². The van der Waals surface area contributed by atoms with Crippen LogP contribution in [0.2, 0.25) is 0 Å². The van der Waals surface area contributed by atoms with Crippen molar-refractivity contribution in [3.8, 4) is 0 Å². The fourth-order valence-electron chi connectivity index (χ4n) is 2.23. The van der Waals surface area contributed by atoms with Crippen LogP contribution in [0.4, 0.5) is 14.5 Å². The Hall–Kier alpha value is -3.68. The zero-order chi connectivity index (χ0) is 19.2. The van der Waals surface area contributed by atoms with E-state index >= 15 is 0 Å². The van der Waals surface area contributed by atoms with Crippen molar-refractivity contribution in [3.05, 3.63) is 89.5 Å². The topological polar surface area (TPSA) is 84.0 Å². The van der Waals surface area contributed by atoms with Crippen LogP contribution in [0.1, 0.15) is 26.5 Å². The molecule has 0 fully saturated rings. The van der Waals surface area contributed by atoms with Gasteiger partial charge in [0.2, 0.25) is 0 Å². The largest absolute Gasteiger partial charge is 0.347 e. The highest BCUT2D eigenvalue weighted by molar-refractivity contribution is 6.03. The van der Waals surface area contributed by atoms with Crippen molar-refractivity contribution in [3.63, 3.8) is 0 Å². The van der Waals surface area contributed by atoms with Gasteiger partial charge in [0.05, 0.1) is 0 Å². The van der Waals surface area contributed by atoms with Crippen LogP contribution < -0.4 is 10.6 Å². The number of halogens is 2. The highest BCUT2D eigenvalue weighted by Gasteiger charge is 2.13. The maximum Gasteiger partial charge on any atom is 0.274 e. The predicted octanol–water partition coefficient (Wildman–Crippen LogP) is 2.94. The van der Waals surface area contributed by atoms with E-state index in [4.69, 9.17) is 0 Å². The number of hydrogen-bond acceptors (Lipinski definition) is 4. The normalized spacial score (nSPS) is 10.3. The summed E-state index contributed by atoms with van der Waals surface area (Å²) >= 11 is 0. The number of amides is 2. The Morgan fingerprint density at radius 3 is 2.41 bits per heavy atom. The second-order valence-electron chi connectivity index (χ2n) is 5.54. The van der Waals surface area contributed by atoms with Crippen LogP contribution in [-0.4, -0.2) is 21.8 Å². The molecule has 1 aromatic carbocycles. The number of carbonyl (C=O) groups is 2. The number of carbonyl (C=O) groups excluding carboxylic acids is 2. The second kappa shape index (κ2) is 8.13. The molecule has 3 rings (SSSR count). The summed E-state index contributed by atoms with van der Waals surface area (Å²) in [5, 5.41) is 5.08. The molecule has 27 heavy (non-hydrogen) atoms. The molecular formula is C19H14F2N4O2. The molecule has 0 radical (unpaired) electrons. The Balaban J connectivity index is 1.67. The summed E-state index contributed by atoms with van der Waals surface area (Å²) in [5.41, 5.74) is 0.913. The minimum absolute atomic E-state index is 0.0336. The molecule has 0 spiro atoms. The zero-order valence-electron chi connectivity index (χ0n) is 13.9. The third-order valence-corrected chi connectivity index (χ3v) is 3.57. The molecule has 6 nitrogen and oxygen atoms in total. The first-order valence-electron chi connectivity index (χ1n) is 7.93. The third kappa shape index (κ3) is 4.69. The molecule has 2 N–H and O–H groups in total. The molecule has 0 aliphatic heterocycles. The Bertz CT molecular complexity index is 980. The number of rotatable bonds is 5. The Morgan fingerprint density at radius 1 is 0.926 bits per heavy atom. The van der Waals surface area contributed by atoms with Gasteiger partial charge in [0.15, 0.2) is 11.6 Å². The van der Waals surface area contributed by atoms with E-state index in [0.717, 1.165) is 17.7 Å². The number of pyridine rings is 2. The Labute approximate surface area is 153 Å². The van der Waals surface area contributed by atoms with Gasteiger partial charge in [0.1, 0.15) is 11.4 Å². The maximum absolute atomic E-state index is 13.2. The molecule has 0 saturated heterocycles. The van der Waals surface area contributed by atoms with Gasteiger partial charge in [-0.15, -0.1) is 0 Å². The first-order chi connectivity index (χ1) is 13.0. The molecule has 2 aromatic heterocycles. The average Bonchev–Trinajstić information content (AvgIpc) is 2.70. The van der Waals surface area contributed by atoms with Gasteiger partial charge < -0.3 is 10.6 Å². The summed E-state index contributed by atoms with van der Waals surface area (Å²) in [7, 11) is 0. The van der Waals surface area contributed by atoms with Crippen LogP contribution in [0.3, 0.4) is 0 Å². The Kier molecular flexibility index (Phi) is 5.46. The minimum Gasteiger partial charge on any atom is -0.347 e. The van der Waals surface area contributed by atoms with Gasteiger partial charge >= 0.3 is 0 Å². The summed E-state index contributed by atoms with van der Waals surface area (Å²) < 4.78 is 26.2. The molecule has 0 saturated carbocycles. The lowest BCUT2D eigenvalue weighted by atomic mass is 10.2. The molecule has 2 amide bonds. The fourth-order valence-corrected chi connectivity index (χ4v) is 2.23. The third-order valence-electron chi connectivity index (χ3n) is 3.57. The molecule has 0 aliphatic carbocycles. The molecule has 0 aliphatic rings. The summed E-state index contributed by atoms with van der Waals surface area (Å²) in [6, 6.07) is 10.9. The molecule has 0 unspecified atom stereocenters. The van der Waals surface area contributed by atoms with E-state index in [1.54, 1.807) is 18.5 Å². The molecule has 3 aromatic rings. The monoisotopic (exact) mass is 368 g/mol. The van der Waals surface area contributed by atoms with Gasteiger partial charge in [-0.2, -0.15) is 0 Å². The van der Waals surface area contributed by atoms with E-state index in [0.29, 0.717) is 0 Å². The lowest BCUT2D eigenvalue weighted by Crippen LogP contribution is -2.25. The molecular weight excluding hydrogens is 354 g/mol. The predicted molar refractivity (Wildman–Crippen MR) is 94.0 cm³/mol. The van der Waals surface area contributed by atoms with Crippen molar-refractivity contribution in [2.24, 2.45) is 0 Å². The van der Waals surface area contributed by atoms with E-state index in [-0.39, 0.29) is 23.6 Å². The zero-order valence-corrected chi connectivity index (χ0v) is 13.9. The standard InChI is InChI=1S/C19H14F2N4O2/c20-14-7-6-13(9-15(14)21)24-19(27)17-5-1-4-16(25-17)18(26)23-11-12-3-2-8-22-10-12/h1-10H,11H2,(H,23,26)(H,24,27). The van der Waals surface area contributed by atoms with Gasteiger partial charge in [0, 0.05) is 30.7 Å². The average molecular weight is 368 g/mol. The van der Waals surface area contributed by atoms with Crippen LogP contribution in [0.15, 0.2) is 60.9 Å². The van der Waals surface area contributed by atoms with E-state index in [2.05, 4.69) is 20.6 Å². The number of nitrogens with zero attached hydrogens (tertiary/aromatic N) is 2. The van der Waals surface area contributed by atoms with Crippen molar-refractivity contribution in [2.45, 2.75) is 6.54 Å². The fraction of sp³-hybridized carbons (Fsp3) is 0.0526. The number of benzene rings is 1. The van der Waals surface area contributed by atoms with E-state index in [1.807, 2.05) is 6.07 Å². The first kappa shape index (κ1) is 18.1. The van der Waals surface area contributed by atoms with Gasteiger partial charge in [-0.05, 0) is 35.9 Å². The number of anilines is 1. The Morgan fingerprint density at radius 2 is 1.70 bits per heavy atom. The molecule has 8 heteroatoms. The highest BCUT2D eigenvalue weighted by Crippen LogP contribution is 2.14. The second-order valence-corrected chi connectivity index (χ2v) is 5.54. The summed E-state index contributed by atoms with van der Waals surface area (Å²) in [6.45, 7) is 0.264. The summed E-state index contributed by atoms with van der Waals surface area (Å²) in [4.78, 5) is 32.4. The first-order valence-corrected chi connectivity index (χ1v) is 7.93.